The van der Waals surface area contributed by atoms with Crippen LogP contribution in [-0.2, 0) is 10.0 Å². The van der Waals surface area contributed by atoms with Crippen LogP contribution >= 0.6 is 11.6 Å². The van der Waals surface area contributed by atoms with Crippen molar-refractivity contribution >= 4 is 32.5 Å². The fourth-order valence-electron chi connectivity index (χ4n) is 2.88. The van der Waals surface area contributed by atoms with Gasteiger partial charge in [-0.15, -0.1) is 0 Å². The van der Waals surface area contributed by atoms with Crippen molar-refractivity contribution in [3.05, 3.63) is 83.4 Å². The van der Waals surface area contributed by atoms with E-state index in [0.29, 0.717) is 16.2 Å². The maximum Gasteiger partial charge on any atom is 0.283 e. The first-order valence-corrected chi connectivity index (χ1v) is 9.84. The third kappa shape index (κ3) is 2.79. The molecule has 0 aliphatic heterocycles. The van der Waals surface area contributed by atoms with Crippen molar-refractivity contribution < 1.29 is 8.42 Å². The minimum atomic E-state index is -3.81. The van der Waals surface area contributed by atoms with Gasteiger partial charge in [0, 0.05) is 16.0 Å². The van der Waals surface area contributed by atoms with Crippen molar-refractivity contribution in [2.24, 2.45) is 0 Å². The lowest BCUT2D eigenvalue weighted by atomic mass is 10.1. The number of aryl methyl sites for hydroxylation is 1. The first kappa shape index (κ1) is 16.8. The summed E-state index contributed by atoms with van der Waals surface area (Å²) in [5.41, 5.74) is 2.88. The predicted octanol–water partition coefficient (Wildman–Crippen LogP) is 4.90. The summed E-state index contributed by atoms with van der Waals surface area (Å²) in [6.07, 6.45) is 0. The molecule has 0 spiro atoms. The molecule has 0 aliphatic rings. The highest BCUT2D eigenvalue weighted by Crippen LogP contribution is 2.31. The summed E-state index contributed by atoms with van der Waals surface area (Å²) < 4.78 is 27.4. The molecule has 130 valence electrons. The van der Waals surface area contributed by atoms with Gasteiger partial charge in [-0.25, -0.2) is 0 Å². The number of para-hydroxylation sites is 1. The molecule has 0 N–H and O–H groups in total. The average molecular weight is 383 g/mol. The van der Waals surface area contributed by atoms with E-state index in [1.807, 2.05) is 31.2 Å². The quantitative estimate of drug-likeness (QED) is 0.506. The number of benzene rings is 3. The number of fused-ring (bicyclic) bond motifs is 1. The Morgan fingerprint density at radius 2 is 1.65 bits per heavy atom. The van der Waals surface area contributed by atoms with Crippen molar-refractivity contribution in [3.63, 3.8) is 0 Å². The van der Waals surface area contributed by atoms with E-state index < -0.39 is 10.0 Å². The van der Waals surface area contributed by atoms with Gasteiger partial charge in [0.25, 0.3) is 10.0 Å². The highest BCUT2D eigenvalue weighted by molar-refractivity contribution is 7.90. The monoisotopic (exact) mass is 382 g/mol. The van der Waals surface area contributed by atoms with Crippen LogP contribution in [0.25, 0.3) is 22.2 Å². The lowest BCUT2D eigenvalue weighted by Crippen LogP contribution is -2.14. The Morgan fingerprint density at radius 3 is 2.38 bits per heavy atom. The van der Waals surface area contributed by atoms with Crippen LogP contribution in [0.5, 0.6) is 0 Å². The second-order valence-corrected chi connectivity index (χ2v) is 8.24. The number of aromatic nitrogens is 2. The van der Waals surface area contributed by atoms with Gasteiger partial charge in [0.1, 0.15) is 5.69 Å². The molecular weight excluding hydrogens is 368 g/mol. The SMILES string of the molecule is Cc1ccc(S(=O)(=O)n2nc(-c3cccc(Cl)c3)c3ccccc32)cc1. The van der Waals surface area contributed by atoms with Crippen LogP contribution in [0, 0.1) is 6.92 Å². The van der Waals surface area contributed by atoms with Gasteiger partial charge in [0.2, 0.25) is 0 Å². The van der Waals surface area contributed by atoms with Crippen LogP contribution in [0.4, 0.5) is 0 Å². The van der Waals surface area contributed by atoms with Crippen molar-refractivity contribution in [1.29, 1.82) is 0 Å². The zero-order chi connectivity index (χ0) is 18.3. The topological polar surface area (TPSA) is 52.0 Å². The minimum Gasteiger partial charge on any atom is -0.199 e. The lowest BCUT2D eigenvalue weighted by Gasteiger charge is -2.06. The molecule has 0 bridgehead atoms. The molecule has 4 aromatic rings. The largest absolute Gasteiger partial charge is 0.283 e. The molecular formula is C20H15ClN2O2S. The van der Waals surface area contributed by atoms with Crippen molar-refractivity contribution in [1.82, 2.24) is 9.19 Å². The molecule has 3 aromatic carbocycles. The van der Waals surface area contributed by atoms with Gasteiger partial charge >= 0.3 is 0 Å². The molecule has 0 amide bonds. The molecule has 0 aliphatic carbocycles. The van der Waals surface area contributed by atoms with Crippen molar-refractivity contribution in [2.45, 2.75) is 11.8 Å². The van der Waals surface area contributed by atoms with Gasteiger partial charge in [-0.3, -0.25) is 0 Å². The molecule has 4 nitrogen and oxygen atoms in total. The van der Waals surface area contributed by atoms with E-state index in [9.17, 15) is 8.42 Å². The minimum absolute atomic E-state index is 0.203. The van der Waals surface area contributed by atoms with Crippen molar-refractivity contribution in [2.75, 3.05) is 0 Å². The van der Waals surface area contributed by atoms with E-state index in [-0.39, 0.29) is 4.90 Å². The van der Waals surface area contributed by atoms with Gasteiger partial charge < -0.3 is 0 Å². The molecule has 1 heterocycles. The number of halogens is 1. The van der Waals surface area contributed by atoms with Crippen molar-refractivity contribution in [3.8, 4) is 11.3 Å². The lowest BCUT2D eigenvalue weighted by molar-refractivity contribution is 0.582. The fraction of sp³-hybridized carbons (Fsp3) is 0.0500. The van der Waals surface area contributed by atoms with Crippen LogP contribution in [-0.4, -0.2) is 17.6 Å². The summed E-state index contributed by atoms with van der Waals surface area (Å²) in [6.45, 7) is 1.91. The van der Waals surface area contributed by atoms with Gasteiger partial charge in [0.05, 0.1) is 10.4 Å². The van der Waals surface area contributed by atoms with Gasteiger partial charge in [0.15, 0.2) is 0 Å². The molecule has 4 rings (SSSR count). The smallest absolute Gasteiger partial charge is 0.199 e. The molecule has 0 unspecified atom stereocenters. The molecule has 0 atom stereocenters. The van der Waals surface area contributed by atoms with Crippen LogP contribution in [0.3, 0.4) is 0 Å². The Morgan fingerprint density at radius 1 is 0.923 bits per heavy atom. The summed E-state index contributed by atoms with van der Waals surface area (Å²) >= 11 is 6.10. The normalized spacial score (nSPS) is 11.8. The van der Waals surface area contributed by atoms with Crippen LogP contribution in [0.15, 0.2) is 77.7 Å². The number of hydrogen-bond donors (Lipinski definition) is 0. The van der Waals surface area contributed by atoms with E-state index in [0.717, 1.165) is 20.6 Å². The molecule has 1 aromatic heterocycles. The Balaban J connectivity index is 1.98. The van der Waals surface area contributed by atoms with E-state index in [1.54, 1.807) is 48.5 Å². The third-order valence-corrected chi connectivity index (χ3v) is 6.04. The van der Waals surface area contributed by atoms with Gasteiger partial charge in [-0.05, 0) is 37.3 Å². The van der Waals surface area contributed by atoms with E-state index >= 15 is 0 Å². The van der Waals surface area contributed by atoms with Crippen LogP contribution in [0.1, 0.15) is 5.56 Å². The highest BCUT2D eigenvalue weighted by Gasteiger charge is 2.23. The first-order valence-electron chi connectivity index (χ1n) is 8.03. The zero-order valence-electron chi connectivity index (χ0n) is 13.9. The zero-order valence-corrected chi connectivity index (χ0v) is 15.5. The fourth-order valence-corrected chi connectivity index (χ4v) is 4.36. The second-order valence-electron chi connectivity index (χ2n) is 6.04. The standard InChI is InChI=1S/C20H15ClN2O2S/c1-14-9-11-17(12-10-14)26(24,25)23-19-8-3-2-7-18(19)20(22-23)15-5-4-6-16(21)13-15/h2-13H,1H3. The Labute approximate surface area is 156 Å². The van der Waals surface area contributed by atoms with Gasteiger partial charge in [-0.1, -0.05) is 59.6 Å². The van der Waals surface area contributed by atoms with E-state index in [1.165, 1.54) is 0 Å². The Hall–Kier alpha value is -2.63. The highest BCUT2D eigenvalue weighted by atomic mass is 35.5. The second kappa shape index (κ2) is 6.27. The number of rotatable bonds is 3. The maximum absolute atomic E-state index is 13.1. The summed E-state index contributed by atoms with van der Waals surface area (Å²) in [5.74, 6) is 0. The summed E-state index contributed by atoms with van der Waals surface area (Å²) in [6, 6.07) is 21.2. The summed E-state index contributed by atoms with van der Waals surface area (Å²) in [4.78, 5) is 0.203. The average Bonchev–Trinajstić information content (AvgIpc) is 3.03. The molecule has 0 saturated heterocycles. The summed E-state index contributed by atoms with van der Waals surface area (Å²) in [7, 11) is -3.81. The van der Waals surface area contributed by atoms with E-state index in [2.05, 4.69) is 5.10 Å². The molecule has 0 fully saturated rings. The molecule has 0 radical (unpaired) electrons. The Kier molecular flexibility index (Phi) is 4.05. The molecule has 6 heteroatoms. The predicted molar refractivity (Wildman–Crippen MR) is 104 cm³/mol. The van der Waals surface area contributed by atoms with E-state index in [4.69, 9.17) is 11.6 Å². The number of nitrogens with zero attached hydrogens (tertiary/aromatic N) is 2. The van der Waals surface area contributed by atoms with Gasteiger partial charge in [-0.2, -0.15) is 17.6 Å². The molecule has 26 heavy (non-hydrogen) atoms. The first-order chi connectivity index (χ1) is 12.5. The maximum atomic E-state index is 13.1. The molecule has 0 saturated carbocycles. The number of hydrogen-bond acceptors (Lipinski definition) is 3. The summed E-state index contributed by atoms with van der Waals surface area (Å²) in [5, 5.41) is 5.77. The van der Waals surface area contributed by atoms with Crippen LogP contribution < -0.4 is 0 Å². The third-order valence-electron chi connectivity index (χ3n) is 4.20. The Bertz CT molecular complexity index is 1210. The van der Waals surface area contributed by atoms with Crippen LogP contribution in [0.2, 0.25) is 5.02 Å².